The highest BCUT2D eigenvalue weighted by atomic mass is 32.2. The van der Waals surface area contributed by atoms with Crippen molar-refractivity contribution in [3.8, 4) is 11.4 Å². The molecule has 4 rings (SSSR count). The van der Waals surface area contributed by atoms with Gasteiger partial charge in [-0.3, -0.25) is 9.36 Å². The van der Waals surface area contributed by atoms with Crippen LogP contribution in [0.25, 0.3) is 11.4 Å². The third-order valence-electron chi connectivity index (χ3n) is 5.07. The summed E-state index contributed by atoms with van der Waals surface area (Å²) in [5, 5.41) is 11.3. The van der Waals surface area contributed by atoms with Crippen LogP contribution in [-0.2, 0) is 22.3 Å². The van der Waals surface area contributed by atoms with Crippen molar-refractivity contribution in [2.75, 3.05) is 17.7 Å². The van der Waals surface area contributed by atoms with Crippen LogP contribution in [-0.4, -0.2) is 39.1 Å². The zero-order valence-electron chi connectivity index (χ0n) is 17.2. The van der Waals surface area contributed by atoms with Crippen LogP contribution >= 0.6 is 11.8 Å². The van der Waals surface area contributed by atoms with Crippen molar-refractivity contribution in [2.45, 2.75) is 43.7 Å². The van der Waals surface area contributed by atoms with E-state index in [0.29, 0.717) is 29.9 Å². The normalized spacial score (nSPS) is 16.4. The van der Waals surface area contributed by atoms with Gasteiger partial charge in [0.15, 0.2) is 11.0 Å². The predicted octanol–water partition coefficient (Wildman–Crippen LogP) is 4.78. The number of nitrogens with zero attached hydrogens (tertiary/aromatic N) is 3. The maximum Gasteiger partial charge on any atom is 0.418 e. The number of rotatable bonds is 7. The quantitative estimate of drug-likeness (QED) is 0.505. The lowest BCUT2D eigenvalue weighted by Crippen LogP contribution is -2.19. The van der Waals surface area contributed by atoms with Crippen LogP contribution in [0.1, 0.15) is 24.2 Å². The van der Waals surface area contributed by atoms with Gasteiger partial charge < -0.3 is 14.5 Å². The van der Waals surface area contributed by atoms with Crippen LogP contribution in [0.15, 0.2) is 46.2 Å². The fraction of sp³-hybridized carbons (Fsp3) is 0.381. The molecule has 1 unspecified atom stereocenters. The summed E-state index contributed by atoms with van der Waals surface area (Å²) in [5.74, 6) is 0.584. The molecule has 32 heavy (non-hydrogen) atoms. The molecular weight excluding hydrogens is 445 g/mol. The molecule has 1 amide bonds. The number of furan rings is 1. The minimum absolute atomic E-state index is 0.00352. The minimum Gasteiger partial charge on any atom is -0.469 e. The third kappa shape index (κ3) is 4.99. The molecular formula is C21H21F3N4O3S. The summed E-state index contributed by atoms with van der Waals surface area (Å²) in [5.41, 5.74) is -0.385. The molecule has 0 spiro atoms. The first-order chi connectivity index (χ1) is 15.3. The van der Waals surface area contributed by atoms with E-state index in [1.807, 2.05) is 11.5 Å². The molecule has 0 radical (unpaired) electrons. The number of anilines is 1. The number of thioether (sulfide) groups is 1. The highest BCUT2D eigenvalue weighted by Gasteiger charge is 2.33. The average Bonchev–Trinajstić information content (AvgIpc) is 3.48. The second-order valence-corrected chi connectivity index (χ2v) is 8.26. The number of halogens is 3. The van der Waals surface area contributed by atoms with Gasteiger partial charge in [0.25, 0.3) is 0 Å². The fourth-order valence-corrected chi connectivity index (χ4v) is 4.27. The predicted molar refractivity (Wildman–Crippen MR) is 112 cm³/mol. The van der Waals surface area contributed by atoms with Gasteiger partial charge in [-0.25, -0.2) is 0 Å². The Balaban J connectivity index is 1.50. The lowest BCUT2D eigenvalue weighted by atomic mass is 10.1. The summed E-state index contributed by atoms with van der Waals surface area (Å²) in [6, 6.07) is 6.67. The van der Waals surface area contributed by atoms with Crippen molar-refractivity contribution in [1.29, 1.82) is 0 Å². The largest absolute Gasteiger partial charge is 0.469 e. The standard InChI is InChI=1S/C21H21F3N4O3S/c1-13-15(8-10-30-13)19-26-27-20(28(19)11-14-5-4-9-31-14)32-12-18(29)25-17-7-3-2-6-16(17)21(22,23)24/h2-3,6-8,10,14H,4-5,9,11-12H2,1H3,(H,25,29). The second kappa shape index (κ2) is 9.37. The molecule has 1 N–H and O–H groups in total. The zero-order valence-corrected chi connectivity index (χ0v) is 18.0. The first kappa shape index (κ1) is 22.4. The van der Waals surface area contributed by atoms with Crippen molar-refractivity contribution in [2.24, 2.45) is 0 Å². The number of hydrogen-bond acceptors (Lipinski definition) is 6. The van der Waals surface area contributed by atoms with E-state index in [4.69, 9.17) is 9.15 Å². The number of alkyl halides is 3. The highest BCUT2D eigenvalue weighted by molar-refractivity contribution is 7.99. The van der Waals surface area contributed by atoms with E-state index in [0.717, 1.165) is 36.2 Å². The van der Waals surface area contributed by atoms with Gasteiger partial charge in [0.2, 0.25) is 5.91 Å². The van der Waals surface area contributed by atoms with Crippen LogP contribution in [0.5, 0.6) is 0 Å². The average molecular weight is 466 g/mol. The number of benzene rings is 1. The Morgan fingerprint density at radius 2 is 2.09 bits per heavy atom. The van der Waals surface area contributed by atoms with Crippen molar-refractivity contribution in [3.05, 3.63) is 47.9 Å². The molecule has 1 aliphatic rings. The molecule has 0 bridgehead atoms. The van der Waals surface area contributed by atoms with Gasteiger partial charge in [-0.05, 0) is 38.0 Å². The van der Waals surface area contributed by atoms with E-state index in [9.17, 15) is 18.0 Å². The Labute approximate surface area is 186 Å². The maximum atomic E-state index is 13.2. The van der Waals surface area contributed by atoms with Gasteiger partial charge in [0.05, 0.1) is 41.5 Å². The summed E-state index contributed by atoms with van der Waals surface area (Å²) in [6.07, 6.45) is -1.12. The van der Waals surface area contributed by atoms with Crippen LogP contribution < -0.4 is 5.32 Å². The Kier molecular flexibility index (Phi) is 6.56. The number of para-hydroxylation sites is 1. The molecule has 2 aromatic heterocycles. The van der Waals surface area contributed by atoms with E-state index >= 15 is 0 Å². The molecule has 1 fully saturated rings. The second-order valence-electron chi connectivity index (χ2n) is 7.32. The summed E-state index contributed by atoms with van der Waals surface area (Å²) in [7, 11) is 0. The SMILES string of the molecule is Cc1occc1-c1nnc(SCC(=O)Nc2ccccc2C(F)(F)F)n1CC1CCCO1. The first-order valence-corrected chi connectivity index (χ1v) is 11.0. The summed E-state index contributed by atoms with van der Waals surface area (Å²) in [6.45, 7) is 3.02. The Morgan fingerprint density at radius 3 is 2.78 bits per heavy atom. The molecule has 3 heterocycles. The number of carbonyl (C=O) groups excluding carboxylic acids is 1. The van der Waals surface area contributed by atoms with E-state index in [2.05, 4.69) is 15.5 Å². The zero-order chi connectivity index (χ0) is 22.7. The van der Waals surface area contributed by atoms with Crippen molar-refractivity contribution in [3.63, 3.8) is 0 Å². The summed E-state index contributed by atoms with van der Waals surface area (Å²) >= 11 is 1.10. The number of hydrogen-bond donors (Lipinski definition) is 1. The smallest absolute Gasteiger partial charge is 0.418 e. The molecule has 0 saturated carbocycles. The van der Waals surface area contributed by atoms with E-state index < -0.39 is 17.6 Å². The molecule has 0 aliphatic carbocycles. The van der Waals surface area contributed by atoms with Gasteiger partial charge in [0.1, 0.15) is 5.76 Å². The van der Waals surface area contributed by atoms with E-state index in [-0.39, 0.29) is 17.5 Å². The molecule has 11 heteroatoms. The van der Waals surface area contributed by atoms with Gasteiger partial charge >= 0.3 is 6.18 Å². The minimum atomic E-state index is -4.56. The summed E-state index contributed by atoms with van der Waals surface area (Å²) in [4.78, 5) is 12.4. The van der Waals surface area contributed by atoms with E-state index in [1.54, 1.807) is 12.3 Å². The highest BCUT2D eigenvalue weighted by Crippen LogP contribution is 2.35. The Hall–Kier alpha value is -2.79. The van der Waals surface area contributed by atoms with Crippen LogP contribution in [0, 0.1) is 6.92 Å². The lowest BCUT2D eigenvalue weighted by molar-refractivity contribution is -0.137. The van der Waals surface area contributed by atoms with Crippen molar-refractivity contribution in [1.82, 2.24) is 14.8 Å². The lowest BCUT2D eigenvalue weighted by Gasteiger charge is -2.15. The topological polar surface area (TPSA) is 82.2 Å². The number of ether oxygens (including phenoxy) is 1. The molecule has 1 aromatic carbocycles. The number of nitrogens with one attached hydrogen (secondary N) is 1. The monoisotopic (exact) mass is 466 g/mol. The number of aromatic nitrogens is 3. The number of amides is 1. The maximum absolute atomic E-state index is 13.2. The fourth-order valence-electron chi connectivity index (χ4n) is 3.52. The molecule has 7 nitrogen and oxygen atoms in total. The molecule has 1 saturated heterocycles. The molecule has 3 aromatic rings. The van der Waals surface area contributed by atoms with Crippen LogP contribution in [0.2, 0.25) is 0 Å². The summed E-state index contributed by atoms with van der Waals surface area (Å²) < 4.78 is 52.5. The molecule has 1 aliphatic heterocycles. The Bertz CT molecular complexity index is 1090. The van der Waals surface area contributed by atoms with Crippen LogP contribution in [0.3, 0.4) is 0 Å². The van der Waals surface area contributed by atoms with E-state index in [1.165, 1.54) is 18.2 Å². The van der Waals surface area contributed by atoms with Crippen molar-refractivity contribution < 1.29 is 27.1 Å². The first-order valence-electron chi connectivity index (χ1n) is 10.0. The van der Waals surface area contributed by atoms with Gasteiger partial charge in [-0.1, -0.05) is 23.9 Å². The van der Waals surface area contributed by atoms with Gasteiger partial charge in [0, 0.05) is 6.61 Å². The number of carbonyl (C=O) groups is 1. The van der Waals surface area contributed by atoms with Gasteiger partial charge in [-0.2, -0.15) is 13.2 Å². The van der Waals surface area contributed by atoms with Crippen LogP contribution in [0.4, 0.5) is 18.9 Å². The van der Waals surface area contributed by atoms with Crippen molar-refractivity contribution >= 4 is 23.4 Å². The number of aryl methyl sites for hydroxylation is 1. The third-order valence-corrected chi connectivity index (χ3v) is 6.03. The molecule has 1 atom stereocenters. The Morgan fingerprint density at radius 1 is 1.28 bits per heavy atom. The van der Waals surface area contributed by atoms with Gasteiger partial charge in [-0.15, -0.1) is 10.2 Å². The molecule has 170 valence electrons.